The third-order valence-corrected chi connectivity index (χ3v) is 7.24. The van der Waals surface area contributed by atoms with Gasteiger partial charge in [0.05, 0.1) is 28.8 Å². The van der Waals surface area contributed by atoms with Gasteiger partial charge in [-0.25, -0.2) is 0 Å². The lowest BCUT2D eigenvalue weighted by Gasteiger charge is -2.34. The summed E-state index contributed by atoms with van der Waals surface area (Å²) < 4.78 is 41.9. The van der Waals surface area contributed by atoms with Crippen LogP contribution in [0, 0.1) is 0 Å². The lowest BCUT2D eigenvalue weighted by molar-refractivity contribution is -0.142. The van der Waals surface area contributed by atoms with Gasteiger partial charge in [-0.15, -0.1) is 0 Å². The molecule has 0 saturated carbocycles. The topological polar surface area (TPSA) is 71.3 Å². The van der Waals surface area contributed by atoms with Gasteiger partial charge in [0.1, 0.15) is 11.4 Å². The summed E-state index contributed by atoms with van der Waals surface area (Å²) >= 11 is 12.1. The maximum atomic E-state index is 13.5. The van der Waals surface area contributed by atoms with E-state index in [2.05, 4.69) is 10.1 Å². The van der Waals surface area contributed by atoms with Crippen LogP contribution < -0.4 is 0 Å². The number of aromatic nitrogens is 3. The van der Waals surface area contributed by atoms with Gasteiger partial charge in [0, 0.05) is 48.4 Å². The fourth-order valence-corrected chi connectivity index (χ4v) is 5.01. The van der Waals surface area contributed by atoms with E-state index in [1.165, 1.54) is 23.1 Å². The highest BCUT2D eigenvalue weighted by atomic mass is 35.5. The monoisotopic (exact) mass is 537 g/mol. The summed E-state index contributed by atoms with van der Waals surface area (Å²) in [7, 11) is 0. The summed E-state index contributed by atoms with van der Waals surface area (Å²) in [5.41, 5.74) is 0.899. The molecule has 0 saturated heterocycles. The summed E-state index contributed by atoms with van der Waals surface area (Å²) in [6.07, 6.45) is -3.11. The minimum Gasteiger partial charge on any atom is -0.331 e. The van der Waals surface area contributed by atoms with Crippen LogP contribution in [0.1, 0.15) is 50.3 Å². The zero-order chi connectivity index (χ0) is 25.8. The van der Waals surface area contributed by atoms with E-state index in [1.54, 1.807) is 21.7 Å². The van der Waals surface area contributed by atoms with Crippen molar-refractivity contribution in [2.24, 2.45) is 0 Å². The molecule has 1 atom stereocenters. The van der Waals surface area contributed by atoms with Crippen LogP contribution >= 0.6 is 23.2 Å². The Labute approximate surface area is 214 Å². The first-order chi connectivity index (χ1) is 17.0. The van der Waals surface area contributed by atoms with Crippen molar-refractivity contribution >= 4 is 35.0 Å². The molecular formula is C24H20Cl2F3N5O2. The van der Waals surface area contributed by atoms with E-state index < -0.39 is 17.8 Å². The number of amides is 2. The highest BCUT2D eigenvalue weighted by Gasteiger charge is 2.39. The summed E-state index contributed by atoms with van der Waals surface area (Å²) in [5.74, 6) is -0.694. The van der Waals surface area contributed by atoms with Gasteiger partial charge in [-0.05, 0) is 31.2 Å². The number of hydrogen-bond acceptors (Lipinski definition) is 4. The third kappa shape index (κ3) is 4.32. The molecule has 5 rings (SSSR count). The number of benzene rings is 1. The number of pyridine rings is 1. The first-order valence-corrected chi connectivity index (χ1v) is 11.9. The van der Waals surface area contributed by atoms with Crippen LogP contribution in [0.3, 0.4) is 0 Å². The summed E-state index contributed by atoms with van der Waals surface area (Å²) in [6, 6.07) is 7.19. The third-order valence-electron chi connectivity index (χ3n) is 6.50. The van der Waals surface area contributed by atoms with Gasteiger partial charge in [-0.3, -0.25) is 19.3 Å². The zero-order valence-electron chi connectivity index (χ0n) is 19.0. The highest BCUT2D eigenvalue weighted by molar-refractivity contribution is 6.42. The Bertz CT molecular complexity index is 1370. The predicted molar refractivity (Wildman–Crippen MR) is 126 cm³/mol. The Morgan fingerprint density at radius 2 is 1.94 bits per heavy atom. The van der Waals surface area contributed by atoms with Gasteiger partial charge in [-0.1, -0.05) is 29.3 Å². The van der Waals surface area contributed by atoms with E-state index in [4.69, 9.17) is 23.2 Å². The van der Waals surface area contributed by atoms with Gasteiger partial charge in [0.2, 0.25) is 0 Å². The molecule has 0 aliphatic carbocycles. The van der Waals surface area contributed by atoms with Crippen molar-refractivity contribution in [2.45, 2.75) is 45.2 Å². The molecule has 12 heteroatoms. The largest absolute Gasteiger partial charge is 0.433 e. The maximum Gasteiger partial charge on any atom is 0.433 e. The van der Waals surface area contributed by atoms with Crippen LogP contribution in [0.15, 0.2) is 36.5 Å². The van der Waals surface area contributed by atoms with E-state index in [1.807, 2.05) is 6.92 Å². The highest BCUT2D eigenvalue weighted by Crippen LogP contribution is 2.33. The van der Waals surface area contributed by atoms with E-state index in [0.717, 1.165) is 6.20 Å². The molecule has 0 N–H and O–H groups in total. The smallest absolute Gasteiger partial charge is 0.331 e. The fraction of sp³-hybridized carbons (Fsp3) is 0.333. The number of carbonyl (C=O) groups excluding carboxylic acids is 2. The number of halogens is 5. The van der Waals surface area contributed by atoms with Crippen molar-refractivity contribution < 1.29 is 22.8 Å². The lowest BCUT2D eigenvalue weighted by Crippen LogP contribution is -2.44. The second-order valence-corrected chi connectivity index (χ2v) is 9.66. The Kier molecular flexibility index (Phi) is 6.20. The number of alkyl halides is 3. The molecule has 2 aromatic heterocycles. The number of fused-ring (bicyclic) bond motifs is 3. The Morgan fingerprint density at radius 1 is 1.17 bits per heavy atom. The molecule has 0 fully saturated rings. The fourth-order valence-electron chi connectivity index (χ4n) is 4.71. The van der Waals surface area contributed by atoms with E-state index in [0.29, 0.717) is 40.5 Å². The molecule has 4 heterocycles. The van der Waals surface area contributed by atoms with Gasteiger partial charge in [-0.2, -0.15) is 18.3 Å². The van der Waals surface area contributed by atoms with Crippen LogP contribution in [-0.2, 0) is 32.2 Å². The van der Waals surface area contributed by atoms with Crippen LogP contribution in [0.4, 0.5) is 13.2 Å². The number of hydrogen-bond donors (Lipinski definition) is 0. The molecule has 2 aliphatic rings. The average Bonchev–Trinajstić information content (AvgIpc) is 3.19. The predicted octanol–water partition coefficient (Wildman–Crippen LogP) is 4.85. The SMILES string of the molecule is C[C@@H]1Cc2nn3c(c2CN1C(=O)c1ccc(Cl)c(Cl)c1)C(=O)N(Cc1cccnc1C(F)(F)F)CC3. The standard InChI is InChI=1S/C24H20Cl2F3N5O2/c1-13-9-19-16(12-33(13)22(35)14-4-5-17(25)18(26)10-14)20-23(36)32(7-8-34(20)31-19)11-15-3-2-6-30-21(15)24(27,28)29/h2-6,10,13H,7-9,11-12H2,1H3/t13-/m1/s1. The minimum atomic E-state index is -4.63. The molecule has 7 nitrogen and oxygen atoms in total. The minimum absolute atomic E-state index is 0.0785. The molecule has 0 radical (unpaired) electrons. The van der Waals surface area contributed by atoms with Crippen LogP contribution in [0.2, 0.25) is 10.0 Å². The van der Waals surface area contributed by atoms with Gasteiger partial charge in [0.25, 0.3) is 11.8 Å². The van der Waals surface area contributed by atoms with Gasteiger partial charge in [0.15, 0.2) is 0 Å². The van der Waals surface area contributed by atoms with Crippen molar-refractivity contribution in [3.8, 4) is 0 Å². The van der Waals surface area contributed by atoms with Crippen molar-refractivity contribution in [3.63, 3.8) is 0 Å². The Balaban J connectivity index is 1.43. The summed E-state index contributed by atoms with van der Waals surface area (Å²) in [4.78, 5) is 33.2. The average molecular weight is 538 g/mol. The molecule has 0 spiro atoms. The maximum absolute atomic E-state index is 13.5. The van der Waals surface area contributed by atoms with Gasteiger partial charge < -0.3 is 9.80 Å². The van der Waals surface area contributed by atoms with Crippen molar-refractivity contribution in [2.75, 3.05) is 6.54 Å². The lowest BCUT2D eigenvalue weighted by atomic mass is 9.97. The van der Waals surface area contributed by atoms with Crippen LogP contribution in [-0.4, -0.2) is 49.0 Å². The number of nitrogens with zero attached hydrogens (tertiary/aromatic N) is 5. The summed E-state index contributed by atoms with van der Waals surface area (Å²) in [6.45, 7) is 2.35. The van der Waals surface area contributed by atoms with E-state index in [-0.39, 0.29) is 42.2 Å². The molecule has 0 bridgehead atoms. The van der Waals surface area contributed by atoms with Crippen molar-refractivity contribution in [3.05, 3.63) is 80.3 Å². The zero-order valence-corrected chi connectivity index (χ0v) is 20.5. The number of rotatable bonds is 3. The molecule has 1 aromatic carbocycles. The second kappa shape index (κ2) is 9.08. The Morgan fingerprint density at radius 3 is 2.67 bits per heavy atom. The quantitative estimate of drug-likeness (QED) is 0.479. The van der Waals surface area contributed by atoms with Gasteiger partial charge >= 0.3 is 6.18 Å². The van der Waals surface area contributed by atoms with Crippen LogP contribution in [0.5, 0.6) is 0 Å². The van der Waals surface area contributed by atoms with E-state index in [9.17, 15) is 22.8 Å². The summed E-state index contributed by atoms with van der Waals surface area (Å²) in [5, 5.41) is 5.18. The molecule has 36 heavy (non-hydrogen) atoms. The molecule has 0 unspecified atom stereocenters. The first kappa shape index (κ1) is 24.6. The van der Waals surface area contributed by atoms with Crippen LogP contribution in [0.25, 0.3) is 0 Å². The number of carbonyl (C=O) groups is 2. The molecule has 2 amide bonds. The van der Waals surface area contributed by atoms with Crippen molar-refractivity contribution in [1.29, 1.82) is 0 Å². The molecule has 2 aliphatic heterocycles. The Hall–Kier alpha value is -3.11. The first-order valence-electron chi connectivity index (χ1n) is 11.2. The normalized spacial score (nSPS) is 17.7. The molecule has 3 aromatic rings. The molecule has 188 valence electrons. The van der Waals surface area contributed by atoms with Crippen molar-refractivity contribution in [1.82, 2.24) is 24.6 Å². The second-order valence-electron chi connectivity index (χ2n) is 8.85. The molecular weight excluding hydrogens is 518 g/mol. The van der Waals surface area contributed by atoms with E-state index >= 15 is 0 Å².